The maximum Gasteiger partial charge on any atom is 0.252 e. The van der Waals surface area contributed by atoms with E-state index in [1.165, 1.54) is 0 Å². The number of carbonyl (C=O) groups excluding carboxylic acids is 1. The average molecular weight is 358 g/mol. The zero-order chi connectivity index (χ0) is 17.8. The molecular formula is C18H16ClN3O3. The molecule has 0 fully saturated rings. The molecule has 128 valence electrons. The van der Waals surface area contributed by atoms with Gasteiger partial charge < -0.3 is 14.6 Å². The molecule has 0 radical (unpaired) electrons. The SMILES string of the molecule is COc1cccc(C(=O)N[C@@H](C)c2nc(-c3ccccc3Cl)no2)c1. The fourth-order valence-electron chi connectivity index (χ4n) is 2.27. The Balaban J connectivity index is 1.74. The third-order valence-electron chi connectivity index (χ3n) is 3.61. The van der Waals surface area contributed by atoms with E-state index in [1.807, 2.05) is 12.1 Å². The standard InChI is InChI=1S/C18H16ClN3O3/c1-11(20-17(23)12-6-5-7-13(10-12)24-2)18-21-16(22-25-18)14-8-3-4-9-15(14)19/h3-11H,1-2H3,(H,20,23)/t11-/m0/s1. The van der Waals surface area contributed by atoms with Crippen LogP contribution in [-0.2, 0) is 0 Å². The van der Waals surface area contributed by atoms with Gasteiger partial charge in [-0.15, -0.1) is 0 Å². The number of rotatable bonds is 5. The van der Waals surface area contributed by atoms with Crippen LogP contribution in [0.2, 0.25) is 5.02 Å². The smallest absolute Gasteiger partial charge is 0.252 e. The lowest BCUT2D eigenvalue weighted by atomic mass is 10.2. The van der Waals surface area contributed by atoms with E-state index in [9.17, 15) is 4.79 Å². The summed E-state index contributed by atoms with van der Waals surface area (Å²) in [6.07, 6.45) is 0. The minimum absolute atomic E-state index is 0.260. The largest absolute Gasteiger partial charge is 0.497 e. The van der Waals surface area contributed by atoms with Crippen molar-refractivity contribution in [3.8, 4) is 17.1 Å². The van der Waals surface area contributed by atoms with E-state index in [0.717, 1.165) is 0 Å². The van der Waals surface area contributed by atoms with Gasteiger partial charge in [0.2, 0.25) is 11.7 Å². The van der Waals surface area contributed by atoms with E-state index < -0.39 is 6.04 Å². The Morgan fingerprint density at radius 2 is 2.04 bits per heavy atom. The third kappa shape index (κ3) is 3.80. The maximum absolute atomic E-state index is 12.3. The quantitative estimate of drug-likeness (QED) is 0.749. The first-order chi connectivity index (χ1) is 12.1. The number of nitrogens with one attached hydrogen (secondary N) is 1. The second kappa shape index (κ2) is 7.36. The van der Waals surface area contributed by atoms with Gasteiger partial charge in [0.1, 0.15) is 11.8 Å². The molecule has 0 bridgehead atoms. The van der Waals surface area contributed by atoms with Gasteiger partial charge in [-0.3, -0.25) is 4.79 Å². The number of benzene rings is 2. The van der Waals surface area contributed by atoms with E-state index in [4.69, 9.17) is 20.9 Å². The van der Waals surface area contributed by atoms with Crippen LogP contribution in [-0.4, -0.2) is 23.2 Å². The predicted molar refractivity (Wildman–Crippen MR) is 93.6 cm³/mol. The maximum atomic E-state index is 12.3. The van der Waals surface area contributed by atoms with Gasteiger partial charge in [-0.2, -0.15) is 4.98 Å². The molecule has 0 aliphatic heterocycles. The minimum Gasteiger partial charge on any atom is -0.497 e. The predicted octanol–water partition coefficient (Wildman–Crippen LogP) is 3.89. The molecule has 2 aromatic carbocycles. The molecule has 1 amide bonds. The van der Waals surface area contributed by atoms with E-state index >= 15 is 0 Å². The Hall–Kier alpha value is -2.86. The Labute approximate surface area is 149 Å². The fraction of sp³-hybridized carbons (Fsp3) is 0.167. The molecule has 6 nitrogen and oxygen atoms in total. The zero-order valence-corrected chi connectivity index (χ0v) is 14.4. The lowest BCUT2D eigenvalue weighted by Gasteiger charge is -2.10. The Morgan fingerprint density at radius 3 is 2.80 bits per heavy atom. The van der Waals surface area contributed by atoms with Crippen LogP contribution in [0, 0.1) is 0 Å². The van der Waals surface area contributed by atoms with Crippen molar-refractivity contribution in [2.75, 3.05) is 7.11 Å². The second-order valence-electron chi connectivity index (χ2n) is 5.36. The van der Waals surface area contributed by atoms with E-state index in [0.29, 0.717) is 33.6 Å². The van der Waals surface area contributed by atoms with Crippen molar-refractivity contribution in [2.45, 2.75) is 13.0 Å². The molecular weight excluding hydrogens is 342 g/mol. The fourth-order valence-corrected chi connectivity index (χ4v) is 2.49. The van der Waals surface area contributed by atoms with Crippen LogP contribution in [0.15, 0.2) is 53.1 Å². The molecule has 25 heavy (non-hydrogen) atoms. The number of hydrogen-bond acceptors (Lipinski definition) is 5. The van der Waals surface area contributed by atoms with Crippen LogP contribution < -0.4 is 10.1 Å². The monoisotopic (exact) mass is 357 g/mol. The number of carbonyl (C=O) groups is 1. The van der Waals surface area contributed by atoms with Gasteiger partial charge in [-0.1, -0.05) is 35.0 Å². The van der Waals surface area contributed by atoms with E-state index in [-0.39, 0.29) is 5.91 Å². The van der Waals surface area contributed by atoms with E-state index in [1.54, 1.807) is 50.4 Å². The molecule has 1 N–H and O–H groups in total. The number of amides is 1. The molecule has 1 aromatic heterocycles. The van der Waals surface area contributed by atoms with Crippen LogP contribution >= 0.6 is 11.6 Å². The molecule has 0 saturated heterocycles. The summed E-state index contributed by atoms with van der Waals surface area (Å²) in [7, 11) is 1.55. The molecule has 0 unspecified atom stereocenters. The molecule has 1 heterocycles. The van der Waals surface area contributed by atoms with Crippen LogP contribution in [0.3, 0.4) is 0 Å². The normalized spacial score (nSPS) is 11.8. The summed E-state index contributed by atoms with van der Waals surface area (Å²) in [4.78, 5) is 16.7. The van der Waals surface area contributed by atoms with Crippen molar-refractivity contribution in [1.82, 2.24) is 15.5 Å². The summed E-state index contributed by atoms with van der Waals surface area (Å²) in [6.45, 7) is 1.77. The summed E-state index contributed by atoms with van der Waals surface area (Å²) in [5.74, 6) is 1.03. The van der Waals surface area contributed by atoms with Gasteiger partial charge in [-0.05, 0) is 37.3 Å². The van der Waals surface area contributed by atoms with E-state index in [2.05, 4.69) is 15.5 Å². The van der Waals surface area contributed by atoms with Gasteiger partial charge in [0, 0.05) is 11.1 Å². The highest BCUT2D eigenvalue weighted by Crippen LogP contribution is 2.26. The van der Waals surface area contributed by atoms with Gasteiger partial charge in [0.25, 0.3) is 5.91 Å². The zero-order valence-electron chi connectivity index (χ0n) is 13.7. The van der Waals surface area contributed by atoms with Crippen LogP contribution in [0.25, 0.3) is 11.4 Å². The summed E-state index contributed by atoms with van der Waals surface area (Å²) in [5, 5.41) is 7.28. The number of hydrogen-bond donors (Lipinski definition) is 1. The second-order valence-corrected chi connectivity index (χ2v) is 5.77. The van der Waals surface area contributed by atoms with Crippen LogP contribution in [0.4, 0.5) is 0 Å². The first-order valence-corrected chi connectivity index (χ1v) is 7.99. The highest BCUT2D eigenvalue weighted by Gasteiger charge is 2.19. The van der Waals surface area contributed by atoms with Crippen molar-refractivity contribution < 1.29 is 14.1 Å². The number of nitrogens with zero attached hydrogens (tertiary/aromatic N) is 2. The molecule has 7 heteroatoms. The average Bonchev–Trinajstić information content (AvgIpc) is 3.12. The van der Waals surface area contributed by atoms with Crippen molar-refractivity contribution in [1.29, 1.82) is 0 Å². The third-order valence-corrected chi connectivity index (χ3v) is 3.94. The molecule has 0 aliphatic rings. The highest BCUT2D eigenvalue weighted by atomic mass is 35.5. The summed E-state index contributed by atoms with van der Waals surface area (Å²) in [5.41, 5.74) is 1.16. The Morgan fingerprint density at radius 1 is 1.24 bits per heavy atom. The van der Waals surface area contributed by atoms with Gasteiger partial charge in [0.15, 0.2) is 0 Å². The molecule has 0 spiro atoms. The number of methoxy groups -OCH3 is 1. The van der Waals surface area contributed by atoms with Gasteiger partial charge >= 0.3 is 0 Å². The topological polar surface area (TPSA) is 77.2 Å². The number of ether oxygens (including phenoxy) is 1. The van der Waals surface area contributed by atoms with Crippen molar-refractivity contribution >= 4 is 17.5 Å². The molecule has 3 aromatic rings. The molecule has 1 atom stereocenters. The first-order valence-electron chi connectivity index (χ1n) is 7.62. The van der Waals surface area contributed by atoms with Crippen LogP contribution in [0.5, 0.6) is 5.75 Å². The van der Waals surface area contributed by atoms with Crippen molar-refractivity contribution in [2.24, 2.45) is 0 Å². The summed E-state index contributed by atoms with van der Waals surface area (Å²) in [6, 6.07) is 13.6. The minimum atomic E-state index is -0.456. The van der Waals surface area contributed by atoms with Crippen molar-refractivity contribution in [3.05, 3.63) is 65.0 Å². The lowest BCUT2D eigenvalue weighted by Crippen LogP contribution is -2.26. The van der Waals surface area contributed by atoms with Crippen LogP contribution in [0.1, 0.15) is 29.2 Å². The van der Waals surface area contributed by atoms with Gasteiger partial charge in [0.05, 0.1) is 12.1 Å². The van der Waals surface area contributed by atoms with Crippen molar-refractivity contribution in [3.63, 3.8) is 0 Å². The van der Waals surface area contributed by atoms with Gasteiger partial charge in [-0.25, -0.2) is 0 Å². The summed E-state index contributed by atoms with van der Waals surface area (Å²) < 4.78 is 10.4. The highest BCUT2D eigenvalue weighted by molar-refractivity contribution is 6.33. The lowest BCUT2D eigenvalue weighted by molar-refractivity contribution is 0.0932. The molecule has 3 rings (SSSR count). The number of halogens is 1. The number of aromatic nitrogens is 2. The molecule has 0 saturated carbocycles. The summed E-state index contributed by atoms with van der Waals surface area (Å²) >= 11 is 6.14. The Kier molecular flexibility index (Phi) is 5.00. The Bertz CT molecular complexity index is 895. The first kappa shape index (κ1) is 17.0. The molecule has 0 aliphatic carbocycles.